The minimum absolute atomic E-state index is 0.0684. The quantitative estimate of drug-likeness (QED) is 0.625. The van der Waals surface area contributed by atoms with Crippen LogP contribution < -0.4 is 0 Å². The second-order valence-corrected chi connectivity index (χ2v) is 6.25. The Bertz CT molecular complexity index is 752. The number of aromatic nitrogens is 1. The normalized spacial score (nSPS) is 27.9. The number of carbonyl (C=O) groups is 1. The second-order valence-electron chi connectivity index (χ2n) is 6.25. The largest absolute Gasteiger partial charge is 0.465 e. The molecular formula is C18H17NO2. The number of cyclic esters (lactones) is 1. The van der Waals surface area contributed by atoms with Crippen LogP contribution in [-0.2, 0) is 16.0 Å². The molecule has 21 heavy (non-hydrogen) atoms. The Morgan fingerprint density at radius 1 is 1.29 bits per heavy atom. The molecule has 0 bridgehead atoms. The summed E-state index contributed by atoms with van der Waals surface area (Å²) in [4.78, 5) is 17.0. The third-order valence-electron chi connectivity index (χ3n) is 4.86. The fourth-order valence-electron chi connectivity index (χ4n) is 3.79. The van der Waals surface area contributed by atoms with Gasteiger partial charge in [0.15, 0.2) is 0 Å². The molecule has 1 aromatic carbocycles. The molecule has 1 aromatic heterocycles. The van der Waals surface area contributed by atoms with Crippen LogP contribution in [0.4, 0.5) is 0 Å². The van der Waals surface area contributed by atoms with Crippen LogP contribution in [0.5, 0.6) is 0 Å². The van der Waals surface area contributed by atoms with Crippen molar-refractivity contribution in [2.45, 2.75) is 19.3 Å². The first-order valence-electron chi connectivity index (χ1n) is 7.36. The minimum atomic E-state index is -0.424. The molecule has 2 aliphatic rings. The molecule has 2 aromatic rings. The molecule has 1 aliphatic carbocycles. The third kappa shape index (κ3) is 1.88. The number of ether oxygens (including phenoxy) is 1. The molecule has 0 radical (unpaired) electrons. The molecule has 2 unspecified atom stereocenters. The predicted molar refractivity (Wildman–Crippen MR) is 80.7 cm³/mol. The number of rotatable bonds is 2. The topological polar surface area (TPSA) is 39.2 Å². The van der Waals surface area contributed by atoms with Gasteiger partial charge in [-0.05, 0) is 25.0 Å². The van der Waals surface area contributed by atoms with E-state index >= 15 is 0 Å². The van der Waals surface area contributed by atoms with E-state index in [1.165, 1.54) is 0 Å². The average molecular weight is 279 g/mol. The highest BCUT2D eigenvalue weighted by Crippen LogP contribution is 2.52. The van der Waals surface area contributed by atoms with E-state index in [4.69, 9.17) is 9.72 Å². The molecule has 2 heterocycles. The van der Waals surface area contributed by atoms with Gasteiger partial charge >= 0.3 is 5.97 Å². The zero-order valence-corrected chi connectivity index (χ0v) is 11.8. The molecule has 3 heteroatoms. The van der Waals surface area contributed by atoms with E-state index in [2.05, 4.69) is 18.7 Å². The summed E-state index contributed by atoms with van der Waals surface area (Å²) in [5.74, 6) is 0.201. The molecule has 2 atom stereocenters. The van der Waals surface area contributed by atoms with Gasteiger partial charge in [0.05, 0.1) is 17.5 Å². The van der Waals surface area contributed by atoms with Crippen molar-refractivity contribution >= 4 is 16.9 Å². The lowest BCUT2D eigenvalue weighted by molar-refractivity contribution is -0.146. The van der Waals surface area contributed by atoms with Gasteiger partial charge in [0.25, 0.3) is 0 Å². The summed E-state index contributed by atoms with van der Waals surface area (Å²) in [6.45, 7) is 4.61. The molecule has 106 valence electrons. The standard InChI is InChI=1S/C18H17NO2/c1-12-8-14-11-21-17(20)18(14,9-12)10-15-7-6-13-4-2-3-5-16(13)19-15/h2-7,14H,1,8-11H2. The molecule has 1 saturated carbocycles. The Kier molecular flexibility index (Phi) is 2.64. The Morgan fingerprint density at radius 2 is 2.14 bits per heavy atom. The first-order valence-corrected chi connectivity index (χ1v) is 7.36. The highest BCUT2D eigenvalue weighted by atomic mass is 16.5. The van der Waals surface area contributed by atoms with Crippen molar-refractivity contribution in [2.75, 3.05) is 6.61 Å². The molecule has 0 amide bonds. The molecule has 1 saturated heterocycles. The zero-order chi connectivity index (χ0) is 14.4. The van der Waals surface area contributed by atoms with Gasteiger partial charge in [-0.2, -0.15) is 0 Å². The van der Waals surface area contributed by atoms with Gasteiger partial charge in [-0.25, -0.2) is 0 Å². The first-order chi connectivity index (χ1) is 10.2. The number of hydrogen-bond donors (Lipinski definition) is 0. The molecule has 3 nitrogen and oxygen atoms in total. The van der Waals surface area contributed by atoms with Crippen LogP contribution in [0, 0.1) is 11.3 Å². The van der Waals surface area contributed by atoms with Gasteiger partial charge in [-0.15, -0.1) is 0 Å². The number of para-hydroxylation sites is 1. The van der Waals surface area contributed by atoms with Crippen LogP contribution >= 0.6 is 0 Å². The van der Waals surface area contributed by atoms with Gasteiger partial charge in [-0.1, -0.05) is 36.4 Å². The number of nitrogens with zero attached hydrogens (tertiary/aromatic N) is 1. The number of pyridine rings is 1. The summed E-state index contributed by atoms with van der Waals surface area (Å²) < 4.78 is 5.32. The number of carbonyl (C=O) groups excluding carboxylic acids is 1. The fourth-order valence-corrected chi connectivity index (χ4v) is 3.79. The Hall–Kier alpha value is -2.16. The smallest absolute Gasteiger partial charge is 0.313 e. The van der Waals surface area contributed by atoms with Crippen molar-refractivity contribution in [3.05, 3.63) is 54.2 Å². The average Bonchev–Trinajstić information content (AvgIpc) is 2.94. The lowest BCUT2D eigenvalue weighted by atomic mass is 9.76. The Labute approximate surface area is 123 Å². The number of esters is 1. The molecule has 4 rings (SSSR count). The summed E-state index contributed by atoms with van der Waals surface area (Å²) in [5, 5.41) is 1.13. The second kappa shape index (κ2) is 4.42. The van der Waals surface area contributed by atoms with Crippen molar-refractivity contribution in [1.82, 2.24) is 4.98 Å². The highest BCUT2D eigenvalue weighted by Gasteiger charge is 2.56. The van der Waals surface area contributed by atoms with E-state index in [1.807, 2.05) is 24.3 Å². The van der Waals surface area contributed by atoms with Crippen LogP contribution in [0.1, 0.15) is 18.5 Å². The summed E-state index contributed by atoms with van der Waals surface area (Å²) >= 11 is 0. The Balaban J connectivity index is 1.73. The number of benzene rings is 1. The van der Waals surface area contributed by atoms with Crippen molar-refractivity contribution in [3.63, 3.8) is 0 Å². The van der Waals surface area contributed by atoms with Crippen molar-refractivity contribution < 1.29 is 9.53 Å². The summed E-state index contributed by atoms with van der Waals surface area (Å²) in [6, 6.07) is 12.2. The van der Waals surface area contributed by atoms with Crippen molar-refractivity contribution in [2.24, 2.45) is 11.3 Å². The maximum Gasteiger partial charge on any atom is 0.313 e. The monoisotopic (exact) mass is 279 g/mol. The predicted octanol–water partition coefficient (Wildman–Crippen LogP) is 3.29. The molecule has 1 aliphatic heterocycles. The van der Waals surface area contributed by atoms with Crippen molar-refractivity contribution in [1.29, 1.82) is 0 Å². The van der Waals surface area contributed by atoms with E-state index < -0.39 is 5.41 Å². The van der Waals surface area contributed by atoms with E-state index in [1.54, 1.807) is 0 Å². The van der Waals surface area contributed by atoms with Crippen LogP contribution in [0.2, 0.25) is 0 Å². The van der Waals surface area contributed by atoms with Crippen LogP contribution in [-0.4, -0.2) is 17.6 Å². The first kappa shape index (κ1) is 12.6. The van der Waals surface area contributed by atoms with Gasteiger partial charge in [-0.3, -0.25) is 9.78 Å². The van der Waals surface area contributed by atoms with Gasteiger partial charge in [0, 0.05) is 23.4 Å². The maximum atomic E-state index is 12.3. The summed E-state index contributed by atoms with van der Waals surface area (Å²) in [5.41, 5.74) is 2.68. The van der Waals surface area contributed by atoms with Gasteiger partial charge in [0.1, 0.15) is 0 Å². The third-order valence-corrected chi connectivity index (χ3v) is 4.86. The van der Waals surface area contributed by atoms with Crippen molar-refractivity contribution in [3.8, 4) is 0 Å². The lowest BCUT2D eigenvalue weighted by Gasteiger charge is -2.23. The van der Waals surface area contributed by atoms with Gasteiger partial charge in [0.2, 0.25) is 0 Å². The summed E-state index contributed by atoms with van der Waals surface area (Å²) in [6.07, 6.45) is 2.30. The van der Waals surface area contributed by atoms with Crippen LogP contribution in [0.3, 0.4) is 0 Å². The van der Waals surface area contributed by atoms with E-state index in [0.29, 0.717) is 13.0 Å². The number of hydrogen-bond acceptors (Lipinski definition) is 3. The van der Waals surface area contributed by atoms with Gasteiger partial charge < -0.3 is 4.74 Å². The zero-order valence-electron chi connectivity index (χ0n) is 11.8. The fraction of sp³-hybridized carbons (Fsp3) is 0.333. The Morgan fingerprint density at radius 3 is 3.05 bits per heavy atom. The molecule has 2 fully saturated rings. The molecule has 0 spiro atoms. The minimum Gasteiger partial charge on any atom is -0.465 e. The molecule has 0 N–H and O–H groups in total. The molecular weight excluding hydrogens is 262 g/mol. The highest BCUT2D eigenvalue weighted by molar-refractivity contribution is 5.82. The SMILES string of the molecule is C=C1CC2COC(=O)C2(Cc2ccc3ccccc3n2)C1. The summed E-state index contributed by atoms with van der Waals surface area (Å²) in [7, 11) is 0. The maximum absolute atomic E-state index is 12.3. The lowest BCUT2D eigenvalue weighted by Crippen LogP contribution is -2.31. The van der Waals surface area contributed by atoms with E-state index in [-0.39, 0.29) is 11.9 Å². The number of fused-ring (bicyclic) bond motifs is 2. The van der Waals surface area contributed by atoms with Crippen LogP contribution in [0.15, 0.2) is 48.6 Å². The number of allylic oxidation sites excluding steroid dienone is 1. The van der Waals surface area contributed by atoms with Crippen LogP contribution in [0.25, 0.3) is 10.9 Å². The van der Waals surface area contributed by atoms with E-state index in [9.17, 15) is 4.79 Å². The van der Waals surface area contributed by atoms with E-state index in [0.717, 1.165) is 35.0 Å².